The number of fused-ring (bicyclic) bond motifs is 3. The maximum Gasteiger partial charge on any atom is 0.254 e. The van der Waals surface area contributed by atoms with Gasteiger partial charge in [-0.1, -0.05) is 37.1 Å². The lowest BCUT2D eigenvalue weighted by Crippen LogP contribution is -2.70. The Bertz CT molecular complexity index is 1820. The fraction of sp³-hybridized carbons (Fsp3) is 0.609. The molecule has 2 N–H and O–H groups in total. The van der Waals surface area contributed by atoms with E-state index in [0.717, 1.165) is 67.9 Å². The van der Waals surface area contributed by atoms with Crippen LogP contribution in [0, 0.1) is 17.8 Å². The second-order valence-electron chi connectivity index (χ2n) is 17.2. The minimum Gasteiger partial charge on any atom is -0.492 e. The summed E-state index contributed by atoms with van der Waals surface area (Å²) in [6.45, 7) is 16.7. The van der Waals surface area contributed by atoms with Crippen LogP contribution in [0.4, 0.5) is 0 Å². The summed E-state index contributed by atoms with van der Waals surface area (Å²) in [7, 11) is 0. The zero-order chi connectivity index (χ0) is 40.9. The van der Waals surface area contributed by atoms with E-state index < -0.39 is 23.3 Å². The molecule has 5 aliphatic rings. The Morgan fingerprint density at radius 3 is 2.52 bits per heavy atom. The van der Waals surface area contributed by atoms with Crippen molar-refractivity contribution in [1.82, 2.24) is 9.80 Å². The molecule has 0 bridgehead atoms. The highest BCUT2D eigenvalue weighted by molar-refractivity contribution is 6.03. The van der Waals surface area contributed by atoms with Crippen molar-refractivity contribution in [3.63, 3.8) is 0 Å². The lowest BCUT2D eigenvalue weighted by Gasteiger charge is -2.60. The summed E-state index contributed by atoms with van der Waals surface area (Å²) in [6.07, 6.45) is 9.97. The maximum atomic E-state index is 15.0. The van der Waals surface area contributed by atoms with Gasteiger partial charge in [0.05, 0.1) is 18.2 Å². The van der Waals surface area contributed by atoms with Gasteiger partial charge < -0.3 is 43.6 Å². The van der Waals surface area contributed by atoms with Crippen molar-refractivity contribution < 1.29 is 43.5 Å². The van der Waals surface area contributed by atoms with Crippen molar-refractivity contribution >= 4 is 11.6 Å². The number of aliphatic hydroxyl groups excluding tert-OH is 2. The van der Waals surface area contributed by atoms with Crippen molar-refractivity contribution in [2.45, 2.75) is 102 Å². The number of rotatable bonds is 20. The number of nitrogens with zero attached hydrogens (tertiary/aromatic N) is 3. The highest BCUT2D eigenvalue weighted by atomic mass is 16.7. The number of carbonyl (C=O) groups is 1. The van der Waals surface area contributed by atoms with Crippen molar-refractivity contribution in [3.05, 3.63) is 71.8 Å². The first-order chi connectivity index (χ1) is 28.1. The molecule has 12 heteroatoms. The molecule has 58 heavy (non-hydrogen) atoms. The molecule has 6 unspecified atom stereocenters. The molecular formula is C46H63N3O9. The Balaban J connectivity index is 1.42. The predicted octanol–water partition coefficient (Wildman–Crippen LogP) is 7.09. The van der Waals surface area contributed by atoms with E-state index in [2.05, 4.69) is 30.5 Å². The number of allylic oxidation sites excluding steroid dienone is 1. The second kappa shape index (κ2) is 18.4. The van der Waals surface area contributed by atoms with Crippen LogP contribution in [-0.2, 0) is 9.57 Å². The van der Waals surface area contributed by atoms with E-state index in [1.165, 1.54) is 0 Å². The molecule has 316 valence electrons. The molecular weight excluding hydrogens is 739 g/mol. The van der Waals surface area contributed by atoms with E-state index in [1.807, 2.05) is 37.8 Å². The third-order valence-corrected chi connectivity index (χ3v) is 12.0. The number of aliphatic hydroxyl groups is 2. The van der Waals surface area contributed by atoms with Crippen molar-refractivity contribution in [2.75, 3.05) is 59.4 Å². The number of hydrogen-bond acceptors (Lipinski definition) is 11. The fourth-order valence-corrected chi connectivity index (χ4v) is 9.35. The van der Waals surface area contributed by atoms with Crippen LogP contribution in [0.15, 0.2) is 65.9 Å². The highest BCUT2D eigenvalue weighted by Crippen LogP contribution is 2.62. The Morgan fingerprint density at radius 1 is 1.03 bits per heavy atom. The third kappa shape index (κ3) is 9.05. The number of amides is 1. The first-order valence-corrected chi connectivity index (χ1v) is 21.4. The SMILES string of the molecule is C=CCOC12Oc3ccc(OCCN4CC4)cc3C3C(CCCCO)C(CCCCO)C=C(C(=NOC(C)(C)C)CC1N(CCC)C(=O)c1ccc4c(c1)OCO4)C32. The topological polar surface area (TPSA) is 132 Å². The molecule has 2 aromatic rings. The van der Waals surface area contributed by atoms with Crippen molar-refractivity contribution in [2.24, 2.45) is 22.9 Å². The van der Waals surface area contributed by atoms with E-state index in [-0.39, 0.29) is 50.3 Å². The van der Waals surface area contributed by atoms with E-state index in [4.69, 9.17) is 33.7 Å². The van der Waals surface area contributed by atoms with Gasteiger partial charge >= 0.3 is 0 Å². The lowest BCUT2D eigenvalue weighted by molar-refractivity contribution is -0.254. The summed E-state index contributed by atoms with van der Waals surface area (Å²) in [5.74, 6) is 0.847. The largest absolute Gasteiger partial charge is 0.492 e. The van der Waals surface area contributed by atoms with Crippen LogP contribution >= 0.6 is 0 Å². The normalized spacial score (nSPS) is 26.3. The smallest absolute Gasteiger partial charge is 0.254 e. The van der Waals surface area contributed by atoms with Crippen molar-refractivity contribution in [1.29, 1.82) is 0 Å². The van der Waals surface area contributed by atoms with Gasteiger partial charge in [-0.25, -0.2) is 0 Å². The number of hydrogen-bond donors (Lipinski definition) is 2. The number of oxime groups is 1. The molecule has 2 fully saturated rings. The third-order valence-electron chi connectivity index (χ3n) is 12.0. The van der Waals surface area contributed by atoms with E-state index in [1.54, 1.807) is 24.3 Å². The summed E-state index contributed by atoms with van der Waals surface area (Å²) in [5.41, 5.74) is 2.73. The molecule has 0 spiro atoms. The van der Waals surface area contributed by atoms with Gasteiger partial charge in [-0.15, -0.1) is 6.58 Å². The molecule has 2 aromatic carbocycles. The van der Waals surface area contributed by atoms with E-state index in [9.17, 15) is 10.2 Å². The number of ether oxygens (including phenoxy) is 5. The number of benzene rings is 2. The average Bonchev–Trinajstić information content (AvgIpc) is 3.92. The standard InChI is InChI=1S/C46H63N3O9/c1-6-18-49(44(52)32-14-16-39-40(27-32)55-30-54-39)41-29-37(47-58-45(3,4)5)35-26-31(12-8-10-22-50)34(13-9-11-23-51)42-36-28-33(53-25-21-48-19-20-48)15-17-38(36)57-46(41,43(35)42)56-24-7-2/h7,14-17,26-28,31,34,41-43,50-51H,2,6,8-13,18-25,29-30H2,1,3-5H3. The lowest BCUT2D eigenvalue weighted by atomic mass is 9.55. The van der Waals surface area contributed by atoms with Gasteiger partial charge in [0.15, 0.2) is 11.5 Å². The van der Waals surface area contributed by atoms with E-state index >= 15 is 4.79 Å². The van der Waals surface area contributed by atoms with Crippen LogP contribution in [0.3, 0.4) is 0 Å². The van der Waals surface area contributed by atoms with Gasteiger partial charge in [0.1, 0.15) is 29.7 Å². The minimum atomic E-state index is -1.34. The monoisotopic (exact) mass is 801 g/mol. The molecule has 3 heterocycles. The fourth-order valence-electron chi connectivity index (χ4n) is 9.35. The van der Waals surface area contributed by atoms with Crippen LogP contribution in [0.2, 0.25) is 0 Å². The van der Waals surface area contributed by atoms with Gasteiger partial charge in [-0.05, 0) is 107 Å². The molecule has 1 amide bonds. The van der Waals surface area contributed by atoms with Gasteiger partial charge in [0, 0.05) is 62.9 Å². The molecule has 2 aliphatic carbocycles. The first kappa shape index (κ1) is 42.0. The van der Waals surface area contributed by atoms with Gasteiger partial charge in [-0.2, -0.15) is 0 Å². The molecule has 12 nitrogen and oxygen atoms in total. The van der Waals surface area contributed by atoms with Gasteiger partial charge in [0.25, 0.3) is 5.91 Å². The van der Waals surface area contributed by atoms with Crippen LogP contribution < -0.4 is 18.9 Å². The Labute approximate surface area is 343 Å². The Hall–Kier alpha value is -4.10. The summed E-state index contributed by atoms with van der Waals surface area (Å²) in [4.78, 5) is 25.5. The number of carbonyl (C=O) groups excluding carboxylic acids is 1. The van der Waals surface area contributed by atoms with Crippen molar-refractivity contribution in [3.8, 4) is 23.0 Å². The van der Waals surface area contributed by atoms with Crippen LogP contribution in [-0.4, -0.2) is 108 Å². The molecule has 7 rings (SSSR count). The summed E-state index contributed by atoms with van der Waals surface area (Å²) in [6, 6.07) is 10.8. The Morgan fingerprint density at radius 2 is 1.79 bits per heavy atom. The van der Waals surface area contributed by atoms with Gasteiger partial charge in [-0.3, -0.25) is 9.69 Å². The van der Waals surface area contributed by atoms with Crippen LogP contribution in [0.5, 0.6) is 23.0 Å². The zero-order valence-corrected chi connectivity index (χ0v) is 34.8. The zero-order valence-electron chi connectivity index (χ0n) is 34.8. The average molecular weight is 802 g/mol. The highest BCUT2D eigenvalue weighted by Gasteiger charge is 2.65. The molecule has 1 saturated heterocycles. The maximum absolute atomic E-state index is 15.0. The second-order valence-corrected chi connectivity index (χ2v) is 17.2. The molecule has 3 aliphatic heterocycles. The van der Waals surface area contributed by atoms with Crippen LogP contribution in [0.1, 0.15) is 101 Å². The summed E-state index contributed by atoms with van der Waals surface area (Å²) >= 11 is 0. The van der Waals surface area contributed by atoms with E-state index in [0.29, 0.717) is 61.6 Å². The first-order valence-electron chi connectivity index (χ1n) is 21.4. The molecule has 6 atom stereocenters. The Kier molecular flexibility index (Phi) is 13.4. The predicted molar refractivity (Wildman–Crippen MR) is 222 cm³/mol. The van der Waals surface area contributed by atoms with Crippen LogP contribution in [0.25, 0.3) is 0 Å². The van der Waals surface area contributed by atoms with Gasteiger partial charge in [0.2, 0.25) is 12.6 Å². The molecule has 0 aromatic heterocycles. The quantitative estimate of drug-likeness (QED) is 0.0619. The molecule has 0 radical (unpaired) electrons. The minimum absolute atomic E-state index is 0.109. The number of unbranched alkanes of at least 4 members (excludes halogenated alkanes) is 2. The molecule has 1 saturated carbocycles. The summed E-state index contributed by atoms with van der Waals surface area (Å²) < 4.78 is 32.2. The summed E-state index contributed by atoms with van der Waals surface area (Å²) in [5, 5.41) is 24.8.